The third kappa shape index (κ3) is 4.90. The molecule has 0 aliphatic rings. The summed E-state index contributed by atoms with van der Waals surface area (Å²) in [6, 6.07) is 10.7. The van der Waals surface area contributed by atoms with Gasteiger partial charge in [-0.05, 0) is 24.9 Å². The zero-order valence-corrected chi connectivity index (χ0v) is 13.8. The zero-order valence-electron chi connectivity index (χ0n) is 13.0. The van der Waals surface area contributed by atoms with Gasteiger partial charge >= 0.3 is 0 Å². The monoisotopic (exact) mass is 303 g/mol. The molecule has 0 saturated heterocycles. The number of nitrogens with zero attached hydrogens (tertiary/aromatic N) is 2. The number of aromatic nitrogens is 2. The lowest BCUT2D eigenvalue weighted by molar-refractivity contribution is 0.591. The highest BCUT2D eigenvalue weighted by Crippen LogP contribution is 2.25. The molecule has 114 valence electrons. The minimum atomic E-state index is 0.170. The van der Waals surface area contributed by atoms with Crippen LogP contribution in [0, 0.1) is 0 Å². The molecule has 1 atom stereocenters. The fourth-order valence-corrected chi connectivity index (χ4v) is 3.28. The van der Waals surface area contributed by atoms with Crippen molar-refractivity contribution in [2.75, 3.05) is 6.54 Å². The number of nitrogens with one attached hydrogen (secondary N) is 1. The van der Waals surface area contributed by atoms with Gasteiger partial charge in [0.15, 0.2) is 0 Å². The standard InChI is InChI=1S/C17H25N3S/c1-3-5-7-12-15-19-20-17(21-15)16(18-13-4-2)14-10-8-6-9-11-14/h6,8-11,16,18H,3-5,7,12-13H2,1-2H3. The van der Waals surface area contributed by atoms with Crippen LogP contribution in [0.5, 0.6) is 0 Å². The molecule has 2 rings (SSSR count). The summed E-state index contributed by atoms with van der Waals surface area (Å²) in [4.78, 5) is 0. The van der Waals surface area contributed by atoms with Crippen LogP contribution in [-0.2, 0) is 6.42 Å². The van der Waals surface area contributed by atoms with Gasteiger partial charge in [-0.15, -0.1) is 10.2 Å². The van der Waals surface area contributed by atoms with Crippen LogP contribution in [0.3, 0.4) is 0 Å². The summed E-state index contributed by atoms with van der Waals surface area (Å²) in [5, 5.41) is 14.6. The first kappa shape index (κ1) is 16.1. The van der Waals surface area contributed by atoms with E-state index in [1.165, 1.54) is 24.8 Å². The smallest absolute Gasteiger partial charge is 0.139 e. The number of hydrogen-bond donors (Lipinski definition) is 1. The Hall–Kier alpha value is -1.26. The van der Waals surface area contributed by atoms with E-state index in [1.807, 2.05) is 0 Å². The Bertz CT molecular complexity index is 510. The average Bonchev–Trinajstić information content (AvgIpc) is 2.98. The second-order valence-corrected chi connectivity index (χ2v) is 6.38. The fraction of sp³-hybridized carbons (Fsp3) is 0.529. The highest BCUT2D eigenvalue weighted by Gasteiger charge is 2.17. The van der Waals surface area contributed by atoms with Crippen molar-refractivity contribution in [3.05, 3.63) is 45.9 Å². The van der Waals surface area contributed by atoms with Crippen LogP contribution in [0.1, 0.15) is 61.2 Å². The lowest BCUT2D eigenvalue weighted by Gasteiger charge is -2.15. The van der Waals surface area contributed by atoms with Gasteiger partial charge in [0.2, 0.25) is 0 Å². The second-order valence-electron chi connectivity index (χ2n) is 5.29. The topological polar surface area (TPSA) is 37.8 Å². The van der Waals surface area contributed by atoms with Crippen molar-refractivity contribution in [3.8, 4) is 0 Å². The Kier molecular flexibility index (Phi) is 6.83. The van der Waals surface area contributed by atoms with Gasteiger partial charge in [-0.2, -0.15) is 0 Å². The molecule has 1 aromatic carbocycles. The van der Waals surface area contributed by atoms with E-state index < -0.39 is 0 Å². The molecule has 0 saturated carbocycles. The molecule has 0 spiro atoms. The molecule has 1 aromatic heterocycles. The molecule has 4 heteroatoms. The minimum absolute atomic E-state index is 0.170. The summed E-state index contributed by atoms with van der Waals surface area (Å²) in [7, 11) is 0. The lowest BCUT2D eigenvalue weighted by Crippen LogP contribution is -2.23. The molecule has 0 aliphatic carbocycles. The van der Waals surface area contributed by atoms with E-state index in [4.69, 9.17) is 0 Å². The third-order valence-corrected chi connectivity index (χ3v) is 4.50. The maximum atomic E-state index is 4.43. The van der Waals surface area contributed by atoms with Crippen LogP contribution in [0.25, 0.3) is 0 Å². The molecular weight excluding hydrogens is 278 g/mol. The Balaban J connectivity index is 2.09. The Labute approximate surface area is 131 Å². The van der Waals surface area contributed by atoms with Gasteiger partial charge < -0.3 is 5.32 Å². The van der Waals surface area contributed by atoms with Crippen molar-refractivity contribution < 1.29 is 0 Å². The summed E-state index contributed by atoms with van der Waals surface area (Å²) in [6.45, 7) is 5.40. The van der Waals surface area contributed by atoms with Crippen LogP contribution >= 0.6 is 11.3 Å². The van der Waals surface area contributed by atoms with E-state index in [9.17, 15) is 0 Å². The van der Waals surface area contributed by atoms with Crippen LogP contribution in [0.4, 0.5) is 0 Å². The molecule has 0 aliphatic heterocycles. The SMILES string of the molecule is CCCCCc1nnc(C(NCCC)c2ccccc2)s1. The van der Waals surface area contributed by atoms with Crippen molar-refractivity contribution in [3.63, 3.8) is 0 Å². The summed E-state index contributed by atoms with van der Waals surface area (Å²) in [6.07, 6.45) is 5.90. The van der Waals surface area contributed by atoms with Gasteiger partial charge in [0, 0.05) is 6.42 Å². The molecule has 3 nitrogen and oxygen atoms in total. The van der Waals surface area contributed by atoms with Gasteiger partial charge in [0.1, 0.15) is 10.0 Å². The maximum Gasteiger partial charge on any atom is 0.139 e. The van der Waals surface area contributed by atoms with Gasteiger partial charge in [-0.25, -0.2) is 0 Å². The Morgan fingerprint density at radius 3 is 2.57 bits per heavy atom. The van der Waals surface area contributed by atoms with Crippen LogP contribution in [-0.4, -0.2) is 16.7 Å². The third-order valence-electron chi connectivity index (χ3n) is 3.45. The molecule has 0 fully saturated rings. The van der Waals surface area contributed by atoms with Gasteiger partial charge in [-0.3, -0.25) is 0 Å². The lowest BCUT2D eigenvalue weighted by atomic mass is 10.1. The summed E-state index contributed by atoms with van der Waals surface area (Å²) in [5.74, 6) is 0. The quantitative estimate of drug-likeness (QED) is 0.699. The van der Waals surface area contributed by atoms with Crippen molar-refractivity contribution in [2.24, 2.45) is 0 Å². The number of hydrogen-bond acceptors (Lipinski definition) is 4. The molecule has 1 N–H and O–H groups in total. The van der Waals surface area contributed by atoms with Crippen molar-refractivity contribution in [1.82, 2.24) is 15.5 Å². The summed E-state index contributed by atoms with van der Waals surface area (Å²) < 4.78 is 0. The number of aryl methyl sites for hydroxylation is 1. The normalized spacial score (nSPS) is 12.5. The van der Waals surface area contributed by atoms with E-state index in [1.54, 1.807) is 11.3 Å². The average molecular weight is 303 g/mol. The van der Waals surface area contributed by atoms with Crippen molar-refractivity contribution in [1.29, 1.82) is 0 Å². The highest BCUT2D eigenvalue weighted by molar-refractivity contribution is 7.11. The first-order valence-electron chi connectivity index (χ1n) is 7.95. The molecule has 0 bridgehead atoms. The first-order valence-corrected chi connectivity index (χ1v) is 8.77. The minimum Gasteiger partial charge on any atom is -0.304 e. The van der Waals surface area contributed by atoms with Crippen molar-refractivity contribution in [2.45, 2.75) is 52.0 Å². The van der Waals surface area contributed by atoms with Crippen LogP contribution in [0.15, 0.2) is 30.3 Å². The molecule has 1 unspecified atom stereocenters. The highest BCUT2D eigenvalue weighted by atomic mass is 32.1. The predicted molar refractivity (Wildman–Crippen MR) is 89.7 cm³/mol. The molecule has 1 heterocycles. The van der Waals surface area contributed by atoms with E-state index in [2.05, 4.69) is 59.7 Å². The van der Waals surface area contributed by atoms with Crippen molar-refractivity contribution >= 4 is 11.3 Å². The van der Waals surface area contributed by atoms with Crippen LogP contribution < -0.4 is 5.32 Å². The molecular formula is C17H25N3S. The van der Waals surface area contributed by atoms with Gasteiger partial charge in [0.05, 0.1) is 6.04 Å². The number of rotatable bonds is 9. The molecule has 21 heavy (non-hydrogen) atoms. The van der Waals surface area contributed by atoms with E-state index in [0.29, 0.717) is 0 Å². The van der Waals surface area contributed by atoms with Crippen LogP contribution in [0.2, 0.25) is 0 Å². The van der Waals surface area contributed by atoms with E-state index >= 15 is 0 Å². The zero-order chi connectivity index (χ0) is 14.9. The summed E-state index contributed by atoms with van der Waals surface area (Å²) >= 11 is 1.75. The van der Waals surface area contributed by atoms with Gasteiger partial charge in [0.25, 0.3) is 0 Å². The fourth-order valence-electron chi connectivity index (χ4n) is 2.29. The largest absolute Gasteiger partial charge is 0.304 e. The van der Waals surface area contributed by atoms with E-state index in [-0.39, 0.29) is 6.04 Å². The molecule has 0 amide bonds. The maximum absolute atomic E-state index is 4.43. The number of unbranched alkanes of at least 4 members (excludes halogenated alkanes) is 2. The molecule has 2 aromatic rings. The molecule has 0 radical (unpaired) electrons. The summed E-state index contributed by atoms with van der Waals surface area (Å²) in [5.41, 5.74) is 1.27. The Morgan fingerprint density at radius 1 is 1.05 bits per heavy atom. The Morgan fingerprint density at radius 2 is 1.86 bits per heavy atom. The number of benzene rings is 1. The predicted octanol–water partition coefficient (Wildman–Crippen LogP) is 4.36. The second kappa shape index (κ2) is 8.90. The van der Waals surface area contributed by atoms with Gasteiger partial charge in [-0.1, -0.05) is 68.4 Å². The first-order chi connectivity index (χ1) is 10.3. The van der Waals surface area contributed by atoms with E-state index in [0.717, 1.165) is 29.4 Å².